The van der Waals surface area contributed by atoms with Crippen molar-refractivity contribution >= 4 is 17.7 Å². The van der Waals surface area contributed by atoms with E-state index in [1.807, 2.05) is 53.1 Å². The minimum Gasteiger partial charge on any atom is -0.356 e. The summed E-state index contributed by atoms with van der Waals surface area (Å²) < 4.78 is 7.70. The molecule has 0 bridgehead atoms. The van der Waals surface area contributed by atoms with Crippen LogP contribution in [0.3, 0.4) is 0 Å². The lowest BCUT2D eigenvalue weighted by Crippen LogP contribution is -2.40. The number of rotatable bonds is 7. The molecule has 1 atom stereocenters. The van der Waals surface area contributed by atoms with E-state index in [9.17, 15) is 4.79 Å². The van der Waals surface area contributed by atoms with Crippen LogP contribution in [0.4, 0.5) is 0 Å². The SMILES string of the molecule is CCCn1nc(C(=O)N2CCSCC2)c2c1CCC(N(C)Cc1cc(-c3ccccc3)on1)C2. The van der Waals surface area contributed by atoms with Crippen LogP contribution in [0.5, 0.6) is 0 Å². The van der Waals surface area contributed by atoms with Crippen molar-refractivity contribution < 1.29 is 9.32 Å². The van der Waals surface area contributed by atoms with E-state index in [0.29, 0.717) is 18.3 Å². The third kappa shape index (κ3) is 4.79. The van der Waals surface area contributed by atoms with Crippen LogP contribution in [-0.2, 0) is 25.9 Å². The summed E-state index contributed by atoms with van der Waals surface area (Å²) in [6.07, 6.45) is 3.87. The fourth-order valence-electron chi connectivity index (χ4n) is 5.04. The zero-order valence-corrected chi connectivity index (χ0v) is 20.9. The number of aryl methyl sites for hydroxylation is 1. The monoisotopic (exact) mass is 479 g/mol. The standard InChI is InChI=1S/C26H33N5O2S/c1-3-11-31-23-10-9-21(17-22(23)25(27-31)26(32)30-12-14-34-15-13-30)29(2)18-20-16-24(33-28-20)19-7-5-4-6-8-19/h4-8,16,21H,3,9-15,17-18H2,1-2H3. The lowest BCUT2D eigenvalue weighted by Gasteiger charge is -2.31. The van der Waals surface area contributed by atoms with Crippen molar-refractivity contribution in [1.82, 2.24) is 24.7 Å². The third-order valence-electron chi connectivity index (χ3n) is 6.91. The van der Waals surface area contributed by atoms with Crippen molar-refractivity contribution in [3.05, 3.63) is 59.0 Å². The maximum Gasteiger partial charge on any atom is 0.274 e. The van der Waals surface area contributed by atoms with E-state index >= 15 is 0 Å². The Morgan fingerprint density at radius 3 is 2.79 bits per heavy atom. The molecular formula is C26H33N5O2S. The van der Waals surface area contributed by atoms with Crippen LogP contribution in [0, 0.1) is 0 Å². The highest BCUT2D eigenvalue weighted by Gasteiger charge is 2.33. The van der Waals surface area contributed by atoms with E-state index in [2.05, 4.69) is 28.7 Å². The van der Waals surface area contributed by atoms with Crippen LogP contribution >= 0.6 is 11.8 Å². The molecule has 0 spiro atoms. The van der Waals surface area contributed by atoms with Crippen LogP contribution in [0.25, 0.3) is 11.3 Å². The molecule has 0 N–H and O–H groups in total. The van der Waals surface area contributed by atoms with Gasteiger partial charge in [0.25, 0.3) is 5.91 Å². The molecule has 3 aromatic rings. The molecule has 3 heterocycles. The van der Waals surface area contributed by atoms with Crippen LogP contribution < -0.4 is 0 Å². The molecule has 5 rings (SSSR count). The van der Waals surface area contributed by atoms with Crippen molar-refractivity contribution in [3.8, 4) is 11.3 Å². The first-order valence-corrected chi connectivity index (χ1v) is 13.5. The highest BCUT2D eigenvalue weighted by Crippen LogP contribution is 2.30. The van der Waals surface area contributed by atoms with Gasteiger partial charge in [0, 0.05) is 66.6 Å². The number of fused-ring (bicyclic) bond motifs is 1. The lowest BCUT2D eigenvalue weighted by atomic mass is 9.90. The van der Waals surface area contributed by atoms with Crippen LogP contribution in [0.1, 0.15) is 47.2 Å². The molecule has 0 radical (unpaired) electrons. The molecule has 1 unspecified atom stereocenters. The van der Waals surface area contributed by atoms with Gasteiger partial charge in [-0.15, -0.1) is 0 Å². The van der Waals surface area contributed by atoms with Crippen molar-refractivity contribution in [2.45, 2.75) is 51.7 Å². The maximum atomic E-state index is 13.4. The number of nitrogens with zero attached hydrogens (tertiary/aromatic N) is 5. The van der Waals surface area contributed by atoms with E-state index < -0.39 is 0 Å². The molecule has 1 saturated heterocycles. The van der Waals surface area contributed by atoms with Crippen molar-refractivity contribution in [1.29, 1.82) is 0 Å². The molecule has 34 heavy (non-hydrogen) atoms. The molecule has 1 aliphatic heterocycles. The fraction of sp³-hybridized carbons (Fsp3) is 0.500. The van der Waals surface area contributed by atoms with Gasteiger partial charge in [0.2, 0.25) is 0 Å². The average Bonchev–Trinajstić information content (AvgIpc) is 3.49. The Morgan fingerprint density at radius 2 is 2.03 bits per heavy atom. The highest BCUT2D eigenvalue weighted by atomic mass is 32.2. The molecule has 1 fully saturated rings. The second kappa shape index (κ2) is 10.4. The van der Waals surface area contributed by atoms with E-state index in [1.54, 1.807) is 0 Å². The number of carbonyl (C=O) groups is 1. The van der Waals surface area contributed by atoms with Gasteiger partial charge in [0.1, 0.15) is 0 Å². The zero-order chi connectivity index (χ0) is 23.5. The Labute approximate surface area is 205 Å². The Hall–Kier alpha value is -2.58. The number of hydrogen-bond donors (Lipinski definition) is 0. The van der Waals surface area contributed by atoms with E-state index in [4.69, 9.17) is 9.62 Å². The summed E-state index contributed by atoms with van der Waals surface area (Å²) >= 11 is 1.92. The summed E-state index contributed by atoms with van der Waals surface area (Å²) in [5.74, 6) is 2.93. The van der Waals surface area contributed by atoms with Gasteiger partial charge in [0.15, 0.2) is 11.5 Å². The predicted octanol–water partition coefficient (Wildman–Crippen LogP) is 4.13. The van der Waals surface area contributed by atoms with Gasteiger partial charge in [-0.1, -0.05) is 42.4 Å². The Morgan fingerprint density at radius 1 is 1.24 bits per heavy atom. The number of thioether (sulfide) groups is 1. The van der Waals surface area contributed by atoms with Crippen LogP contribution in [0.2, 0.25) is 0 Å². The molecule has 7 nitrogen and oxygen atoms in total. The van der Waals surface area contributed by atoms with Gasteiger partial charge in [-0.05, 0) is 32.7 Å². The fourth-order valence-corrected chi connectivity index (χ4v) is 5.94. The quantitative estimate of drug-likeness (QED) is 0.508. The topological polar surface area (TPSA) is 67.4 Å². The predicted molar refractivity (Wildman–Crippen MR) is 135 cm³/mol. The van der Waals surface area contributed by atoms with Crippen molar-refractivity contribution in [3.63, 3.8) is 0 Å². The molecule has 8 heteroatoms. The van der Waals surface area contributed by atoms with Crippen molar-refractivity contribution in [2.24, 2.45) is 0 Å². The van der Waals surface area contributed by atoms with Crippen LogP contribution in [0.15, 0.2) is 40.9 Å². The molecule has 2 aliphatic rings. The number of hydrogen-bond acceptors (Lipinski definition) is 6. The minimum atomic E-state index is 0.110. The first-order valence-electron chi connectivity index (χ1n) is 12.3. The molecule has 0 saturated carbocycles. The first kappa shape index (κ1) is 23.2. The molecular weight excluding hydrogens is 446 g/mol. The maximum absolute atomic E-state index is 13.4. The normalized spacial score (nSPS) is 18.3. The smallest absolute Gasteiger partial charge is 0.274 e. The minimum absolute atomic E-state index is 0.110. The van der Waals surface area contributed by atoms with Gasteiger partial charge in [-0.25, -0.2) is 0 Å². The van der Waals surface area contributed by atoms with Gasteiger partial charge < -0.3 is 9.42 Å². The average molecular weight is 480 g/mol. The summed E-state index contributed by atoms with van der Waals surface area (Å²) in [6, 6.07) is 12.4. The number of amides is 1. The number of benzene rings is 1. The second-order valence-electron chi connectivity index (χ2n) is 9.26. The summed E-state index contributed by atoms with van der Waals surface area (Å²) in [6.45, 7) is 5.38. The number of carbonyl (C=O) groups excluding carboxylic acids is 1. The van der Waals surface area contributed by atoms with Gasteiger partial charge in [0.05, 0.1) is 5.69 Å². The van der Waals surface area contributed by atoms with Crippen LogP contribution in [-0.4, -0.2) is 68.3 Å². The second-order valence-corrected chi connectivity index (χ2v) is 10.5. The third-order valence-corrected chi connectivity index (χ3v) is 7.85. The Kier molecular flexibility index (Phi) is 7.06. The Bertz CT molecular complexity index is 1120. The molecule has 180 valence electrons. The largest absolute Gasteiger partial charge is 0.356 e. The molecule has 1 aromatic carbocycles. The summed E-state index contributed by atoms with van der Waals surface area (Å²) in [5.41, 5.74) is 5.06. The zero-order valence-electron chi connectivity index (χ0n) is 20.1. The van der Waals surface area contributed by atoms with Gasteiger partial charge >= 0.3 is 0 Å². The van der Waals surface area contributed by atoms with Gasteiger partial charge in [-0.2, -0.15) is 16.9 Å². The van der Waals surface area contributed by atoms with Gasteiger partial charge in [-0.3, -0.25) is 14.4 Å². The molecule has 1 amide bonds. The summed E-state index contributed by atoms with van der Waals surface area (Å²) in [7, 11) is 2.15. The summed E-state index contributed by atoms with van der Waals surface area (Å²) in [4.78, 5) is 17.7. The van der Waals surface area contributed by atoms with Crippen molar-refractivity contribution in [2.75, 3.05) is 31.6 Å². The van der Waals surface area contributed by atoms with E-state index in [-0.39, 0.29) is 5.91 Å². The summed E-state index contributed by atoms with van der Waals surface area (Å²) in [5, 5.41) is 9.16. The molecule has 2 aromatic heterocycles. The van der Waals surface area contributed by atoms with E-state index in [1.165, 1.54) is 5.69 Å². The molecule has 1 aliphatic carbocycles. The van der Waals surface area contributed by atoms with E-state index in [0.717, 1.165) is 79.4 Å². The number of likely N-dealkylation sites (N-methyl/N-ethyl adjacent to an activating group) is 1. The number of aromatic nitrogens is 3. The lowest BCUT2D eigenvalue weighted by molar-refractivity contribution is 0.0763. The Balaban J connectivity index is 1.32. The highest BCUT2D eigenvalue weighted by molar-refractivity contribution is 7.99. The first-order chi connectivity index (χ1) is 16.6.